The van der Waals surface area contributed by atoms with Gasteiger partial charge in [0.05, 0.1) is 17.4 Å². The number of amides is 2. The second-order valence-corrected chi connectivity index (χ2v) is 5.15. The summed E-state index contributed by atoms with van der Waals surface area (Å²) in [4.78, 5) is 22.8. The van der Waals surface area contributed by atoms with Crippen molar-refractivity contribution >= 4 is 40.3 Å². The van der Waals surface area contributed by atoms with Crippen LogP contribution in [-0.4, -0.2) is 27.3 Å². The average molecular weight is 386 g/mol. The summed E-state index contributed by atoms with van der Waals surface area (Å²) in [6, 6.07) is 4.30. The highest BCUT2D eigenvalue weighted by molar-refractivity contribution is 14.1. The van der Waals surface area contributed by atoms with E-state index in [0.717, 1.165) is 9.13 Å². The predicted octanol–water partition coefficient (Wildman–Crippen LogP) is 2.03. The summed E-state index contributed by atoms with van der Waals surface area (Å²) in [7, 11) is 0. The van der Waals surface area contributed by atoms with E-state index >= 15 is 0 Å². The maximum atomic E-state index is 11.7. The first-order valence-electron chi connectivity index (χ1n) is 5.61. The summed E-state index contributed by atoms with van der Waals surface area (Å²) in [5.41, 5.74) is 1.12. The molecule has 4 N–H and O–H groups in total. The van der Waals surface area contributed by atoms with Gasteiger partial charge in [-0.3, -0.25) is 5.10 Å². The lowest BCUT2D eigenvalue weighted by molar-refractivity contribution is 0.0698. The number of hydrogen-bond acceptors (Lipinski definition) is 3. The Morgan fingerprint density at radius 2 is 2.20 bits per heavy atom. The number of benzene rings is 1. The number of carbonyl (C=O) groups is 2. The van der Waals surface area contributed by atoms with Crippen LogP contribution in [0.15, 0.2) is 30.6 Å². The van der Waals surface area contributed by atoms with Crippen LogP contribution in [0, 0.1) is 3.57 Å². The van der Waals surface area contributed by atoms with Crippen LogP contribution < -0.4 is 10.6 Å². The second-order valence-electron chi connectivity index (χ2n) is 3.91. The first-order valence-corrected chi connectivity index (χ1v) is 6.69. The Balaban J connectivity index is 2.02. The zero-order chi connectivity index (χ0) is 14.5. The van der Waals surface area contributed by atoms with Gasteiger partial charge in [-0.25, -0.2) is 9.59 Å². The third-order valence-electron chi connectivity index (χ3n) is 2.47. The van der Waals surface area contributed by atoms with Gasteiger partial charge in [0.1, 0.15) is 0 Å². The normalized spacial score (nSPS) is 10.1. The minimum atomic E-state index is -1.09. The van der Waals surface area contributed by atoms with E-state index in [1.807, 2.05) is 22.6 Å². The molecule has 7 nitrogen and oxygen atoms in total. The van der Waals surface area contributed by atoms with Crippen LogP contribution in [0.25, 0.3) is 0 Å². The summed E-state index contributed by atoms with van der Waals surface area (Å²) in [6.07, 6.45) is 3.25. The lowest BCUT2D eigenvalue weighted by Gasteiger charge is -2.09. The molecule has 8 heteroatoms. The Hall–Kier alpha value is -2.10. The smallest absolute Gasteiger partial charge is 0.337 e. The van der Waals surface area contributed by atoms with Gasteiger partial charge in [0.25, 0.3) is 0 Å². The van der Waals surface area contributed by atoms with Crippen LogP contribution in [0.2, 0.25) is 0 Å². The molecule has 1 heterocycles. The molecule has 0 saturated heterocycles. The number of carboxylic acids is 1. The van der Waals surface area contributed by atoms with Gasteiger partial charge in [0, 0.05) is 21.9 Å². The van der Waals surface area contributed by atoms with E-state index in [1.165, 1.54) is 6.07 Å². The maximum Gasteiger partial charge on any atom is 0.337 e. The molecule has 0 radical (unpaired) electrons. The monoisotopic (exact) mass is 386 g/mol. The summed E-state index contributed by atoms with van der Waals surface area (Å²) in [6.45, 7) is 0.301. The van der Waals surface area contributed by atoms with E-state index in [2.05, 4.69) is 20.8 Å². The molecule has 0 aliphatic carbocycles. The average Bonchev–Trinajstić information content (AvgIpc) is 2.91. The van der Waals surface area contributed by atoms with Crippen molar-refractivity contribution in [3.63, 3.8) is 0 Å². The summed E-state index contributed by atoms with van der Waals surface area (Å²) in [5, 5.41) is 20.6. The largest absolute Gasteiger partial charge is 0.478 e. The van der Waals surface area contributed by atoms with Gasteiger partial charge in [0.2, 0.25) is 0 Å². The van der Waals surface area contributed by atoms with Gasteiger partial charge in [-0.15, -0.1) is 0 Å². The fraction of sp³-hybridized carbons (Fsp3) is 0.0833. The lowest BCUT2D eigenvalue weighted by Crippen LogP contribution is -2.28. The Bertz CT molecular complexity index is 628. The first-order chi connectivity index (χ1) is 9.56. The molecular formula is C12H11IN4O3. The van der Waals surface area contributed by atoms with Crippen molar-refractivity contribution in [1.82, 2.24) is 15.5 Å². The van der Waals surface area contributed by atoms with Crippen LogP contribution in [-0.2, 0) is 6.54 Å². The maximum absolute atomic E-state index is 11.7. The fourth-order valence-electron chi connectivity index (χ4n) is 1.53. The highest BCUT2D eigenvalue weighted by atomic mass is 127. The highest BCUT2D eigenvalue weighted by Crippen LogP contribution is 2.18. The number of carboxylic acid groups (broad SMARTS) is 1. The Kier molecular flexibility index (Phi) is 4.56. The SMILES string of the molecule is O=C(NCc1cn[nH]c1)Nc1ccc(I)cc1C(=O)O. The van der Waals surface area contributed by atoms with E-state index in [-0.39, 0.29) is 11.3 Å². The highest BCUT2D eigenvalue weighted by Gasteiger charge is 2.12. The number of hydrogen-bond donors (Lipinski definition) is 4. The summed E-state index contributed by atoms with van der Waals surface area (Å²) >= 11 is 2.01. The molecule has 20 heavy (non-hydrogen) atoms. The number of urea groups is 1. The van der Waals surface area contributed by atoms with Gasteiger partial charge in [-0.05, 0) is 40.8 Å². The molecular weight excluding hydrogens is 375 g/mol. The van der Waals surface area contributed by atoms with Gasteiger partial charge in [-0.2, -0.15) is 5.10 Å². The van der Waals surface area contributed by atoms with Crippen LogP contribution in [0.4, 0.5) is 10.5 Å². The number of H-pyrrole nitrogens is 1. The van der Waals surface area contributed by atoms with Crippen molar-refractivity contribution in [3.8, 4) is 0 Å². The van der Waals surface area contributed by atoms with Crippen LogP contribution >= 0.6 is 22.6 Å². The Morgan fingerprint density at radius 1 is 1.40 bits per heavy atom. The molecule has 0 spiro atoms. The lowest BCUT2D eigenvalue weighted by atomic mass is 10.2. The fourth-order valence-corrected chi connectivity index (χ4v) is 2.02. The zero-order valence-corrected chi connectivity index (χ0v) is 12.3. The topological polar surface area (TPSA) is 107 Å². The van der Waals surface area contributed by atoms with Gasteiger partial charge < -0.3 is 15.7 Å². The van der Waals surface area contributed by atoms with E-state index < -0.39 is 12.0 Å². The molecule has 0 atom stereocenters. The number of aromatic nitrogens is 2. The standard InChI is InChI=1S/C12H11IN4O3/c13-8-1-2-10(9(3-8)11(18)19)17-12(20)14-4-7-5-15-16-6-7/h1-3,5-6H,4H2,(H,15,16)(H,18,19)(H2,14,17,20). The van der Waals surface area contributed by atoms with Crippen LogP contribution in [0.5, 0.6) is 0 Å². The molecule has 0 fully saturated rings. The number of nitrogens with one attached hydrogen (secondary N) is 3. The van der Waals surface area contributed by atoms with Gasteiger partial charge >= 0.3 is 12.0 Å². The molecule has 2 amide bonds. The number of aromatic amines is 1. The van der Waals surface area contributed by atoms with E-state index in [1.54, 1.807) is 24.5 Å². The molecule has 2 aromatic rings. The number of halogens is 1. The number of nitrogens with zero attached hydrogens (tertiary/aromatic N) is 1. The summed E-state index contributed by atoms with van der Waals surface area (Å²) in [5.74, 6) is -1.09. The predicted molar refractivity (Wildman–Crippen MR) is 80.6 cm³/mol. The van der Waals surface area contributed by atoms with E-state index in [0.29, 0.717) is 6.54 Å². The molecule has 0 unspecified atom stereocenters. The molecule has 1 aromatic carbocycles. The summed E-state index contributed by atoms with van der Waals surface area (Å²) < 4.78 is 0.782. The minimum absolute atomic E-state index is 0.0513. The first kappa shape index (κ1) is 14.3. The number of carbonyl (C=O) groups excluding carboxylic acids is 1. The number of anilines is 1. The molecule has 0 bridgehead atoms. The van der Waals surface area contributed by atoms with Crippen molar-refractivity contribution in [2.75, 3.05) is 5.32 Å². The Labute approximate surface area is 127 Å². The van der Waals surface area contributed by atoms with Crippen LogP contribution in [0.1, 0.15) is 15.9 Å². The molecule has 0 aliphatic heterocycles. The zero-order valence-electron chi connectivity index (χ0n) is 10.2. The molecule has 104 valence electrons. The van der Waals surface area contributed by atoms with Crippen molar-refractivity contribution in [2.45, 2.75) is 6.54 Å². The molecule has 0 aliphatic rings. The van der Waals surface area contributed by atoms with Gasteiger partial charge in [0.15, 0.2) is 0 Å². The van der Waals surface area contributed by atoms with Crippen molar-refractivity contribution in [3.05, 3.63) is 45.3 Å². The quantitative estimate of drug-likeness (QED) is 0.604. The van der Waals surface area contributed by atoms with Crippen molar-refractivity contribution in [1.29, 1.82) is 0 Å². The molecule has 1 aromatic heterocycles. The minimum Gasteiger partial charge on any atom is -0.478 e. The molecule has 2 rings (SSSR count). The Morgan fingerprint density at radius 3 is 2.85 bits per heavy atom. The van der Waals surface area contributed by atoms with E-state index in [4.69, 9.17) is 5.11 Å². The van der Waals surface area contributed by atoms with Gasteiger partial charge in [-0.1, -0.05) is 0 Å². The van der Waals surface area contributed by atoms with Crippen LogP contribution in [0.3, 0.4) is 0 Å². The van der Waals surface area contributed by atoms with Crippen molar-refractivity contribution < 1.29 is 14.7 Å². The number of aromatic carboxylic acids is 1. The second kappa shape index (κ2) is 6.37. The van der Waals surface area contributed by atoms with Crippen molar-refractivity contribution in [2.24, 2.45) is 0 Å². The molecule has 0 saturated carbocycles. The third kappa shape index (κ3) is 3.70. The number of rotatable bonds is 4. The van der Waals surface area contributed by atoms with E-state index in [9.17, 15) is 9.59 Å². The third-order valence-corrected chi connectivity index (χ3v) is 3.14.